The third-order valence-corrected chi connectivity index (χ3v) is 4.83. The molecule has 1 aliphatic heterocycles. The van der Waals surface area contributed by atoms with Crippen LogP contribution in [0.4, 0.5) is 0 Å². The first kappa shape index (κ1) is 11.6. The van der Waals surface area contributed by atoms with E-state index in [2.05, 4.69) is 5.38 Å². The van der Waals surface area contributed by atoms with Crippen molar-refractivity contribution in [2.24, 2.45) is 11.7 Å². The summed E-state index contributed by atoms with van der Waals surface area (Å²) in [6, 6.07) is 0.454. The first-order chi connectivity index (χ1) is 8.31. The maximum atomic E-state index is 5.81. The van der Waals surface area contributed by atoms with E-state index in [0.717, 1.165) is 38.4 Å². The van der Waals surface area contributed by atoms with Gasteiger partial charge >= 0.3 is 0 Å². The Kier molecular flexibility index (Phi) is 3.45. The van der Waals surface area contributed by atoms with Gasteiger partial charge < -0.3 is 10.5 Å². The fourth-order valence-corrected chi connectivity index (χ4v) is 3.79. The van der Waals surface area contributed by atoms with Crippen molar-refractivity contribution in [1.29, 1.82) is 0 Å². The van der Waals surface area contributed by atoms with Crippen LogP contribution in [-0.2, 0) is 11.2 Å². The molecule has 17 heavy (non-hydrogen) atoms. The number of hydrogen-bond acceptors (Lipinski definition) is 4. The summed E-state index contributed by atoms with van der Waals surface area (Å²) in [5.41, 5.74) is 7.12. The van der Waals surface area contributed by atoms with Crippen molar-refractivity contribution in [3.63, 3.8) is 0 Å². The fourth-order valence-electron chi connectivity index (χ4n) is 2.80. The summed E-state index contributed by atoms with van der Waals surface area (Å²) < 4.78 is 5.39. The number of nitrogens with two attached hydrogens (primary N) is 1. The van der Waals surface area contributed by atoms with E-state index in [1.807, 2.05) is 11.3 Å². The monoisotopic (exact) mass is 252 g/mol. The minimum Gasteiger partial charge on any atom is -0.381 e. The molecule has 1 aliphatic carbocycles. The molecule has 1 aromatic rings. The summed E-state index contributed by atoms with van der Waals surface area (Å²) in [4.78, 5) is 4.80. The molecule has 0 atom stereocenters. The Morgan fingerprint density at radius 3 is 2.82 bits per heavy atom. The quantitative estimate of drug-likeness (QED) is 0.898. The number of rotatable bonds is 3. The molecule has 1 aromatic heterocycles. The third-order valence-electron chi connectivity index (χ3n) is 3.94. The number of aromatic nitrogens is 1. The zero-order chi connectivity index (χ0) is 11.7. The minimum absolute atomic E-state index is 0.454. The molecule has 94 valence electrons. The second kappa shape index (κ2) is 5.04. The Bertz CT molecular complexity index is 367. The SMILES string of the molecule is NC1CC(Cc2nc(C3CCOCC3)cs2)C1. The zero-order valence-corrected chi connectivity index (χ0v) is 10.9. The molecule has 3 nitrogen and oxygen atoms in total. The maximum absolute atomic E-state index is 5.81. The van der Waals surface area contributed by atoms with Gasteiger partial charge in [-0.2, -0.15) is 0 Å². The van der Waals surface area contributed by atoms with Crippen LogP contribution in [0.2, 0.25) is 0 Å². The summed E-state index contributed by atoms with van der Waals surface area (Å²) >= 11 is 1.83. The first-order valence-corrected chi connectivity index (χ1v) is 7.47. The van der Waals surface area contributed by atoms with Crippen molar-refractivity contribution in [1.82, 2.24) is 4.98 Å². The molecule has 3 rings (SSSR count). The third kappa shape index (κ3) is 2.69. The molecular formula is C13H20N2OS. The molecule has 2 aliphatic rings. The van der Waals surface area contributed by atoms with Gasteiger partial charge in [0.05, 0.1) is 10.7 Å². The largest absolute Gasteiger partial charge is 0.381 e. The van der Waals surface area contributed by atoms with Gasteiger partial charge in [0.15, 0.2) is 0 Å². The molecule has 0 amide bonds. The maximum Gasteiger partial charge on any atom is 0.0931 e. The number of hydrogen-bond donors (Lipinski definition) is 1. The van der Waals surface area contributed by atoms with E-state index in [1.165, 1.54) is 23.5 Å². The van der Waals surface area contributed by atoms with E-state index >= 15 is 0 Å². The van der Waals surface area contributed by atoms with Crippen LogP contribution in [0.15, 0.2) is 5.38 Å². The van der Waals surface area contributed by atoms with Gasteiger partial charge in [-0.15, -0.1) is 11.3 Å². The van der Waals surface area contributed by atoms with Crippen molar-refractivity contribution >= 4 is 11.3 Å². The van der Waals surface area contributed by atoms with E-state index in [4.69, 9.17) is 15.5 Å². The molecular weight excluding hydrogens is 232 g/mol. The Morgan fingerprint density at radius 1 is 1.35 bits per heavy atom. The van der Waals surface area contributed by atoms with Gasteiger partial charge in [0.25, 0.3) is 0 Å². The standard InChI is InChI=1S/C13H20N2OS/c14-11-5-9(6-11)7-13-15-12(8-17-13)10-1-3-16-4-2-10/h8-11H,1-7,14H2. The van der Waals surface area contributed by atoms with E-state index in [-0.39, 0.29) is 0 Å². The topological polar surface area (TPSA) is 48.1 Å². The normalized spacial score (nSPS) is 30.2. The van der Waals surface area contributed by atoms with E-state index in [1.54, 1.807) is 0 Å². The molecule has 1 saturated heterocycles. The van der Waals surface area contributed by atoms with Crippen LogP contribution in [0.3, 0.4) is 0 Å². The predicted molar refractivity (Wildman–Crippen MR) is 69.3 cm³/mol. The van der Waals surface area contributed by atoms with Crippen molar-refractivity contribution in [2.75, 3.05) is 13.2 Å². The second-order valence-corrected chi connectivity index (χ2v) is 6.30. The van der Waals surface area contributed by atoms with Crippen molar-refractivity contribution in [3.8, 4) is 0 Å². The molecule has 0 bridgehead atoms. The van der Waals surface area contributed by atoms with Crippen molar-refractivity contribution in [3.05, 3.63) is 16.1 Å². The van der Waals surface area contributed by atoms with Crippen LogP contribution in [0.25, 0.3) is 0 Å². The van der Waals surface area contributed by atoms with Crippen LogP contribution >= 0.6 is 11.3 Å². The predicted octanol–water partition coefficient (Wildman–Crippen LogP) is 2.32. The summed E-state index contributed by atoms with van der Waals surface area (Å²) in [7, 11) is 0. The number of nitrogens with zero attached hydrogens (tertiary/aromatic N) is 1. The molecule has 2 heterocycles. The summed E-state index contributed by atoms with van der Waals surface area (Å²) in [6.45, 7) is 1.80. The van der Waals surface area contributed by atoms with E-state index < -0.39 is 0 Å². The van der Waals surface area contributed by atoms with Gasteiger partial charge in [-0.3, -0.25) is 0 Å². The lowest BCUT2D eigenvalue weighted by Gasteiger charge is -2.31. The molecule has 4 heteroatoms. The van der Waals surface area contributed by atoms with Gasteiger partial charge in [0, 0.05) is 37.0 Å². The lowest BCUT2D eigenvalue weighted by Crippen LogP contribution is -2.37. The first-order valence-electron chi connectivity index (χ1n) is 6.59. The van der Waals surface area contributed by atoms with Crippen LogP contribution in [0.5, 0.6) is 0 Å². The highest BCUT2D eigenvalue weighted by Gasteiger charge is 2.27. The Hall–Kier alpha value is -0.450. The fraction of sp³-hybridized carbons (Fsp3) is 0.769. The van der Waals surface area contributed by atoms with E-state index in [9.17, 15) is 0 Å². The summed E-state index contributed by atoms with van der Waals surface area (Å²) in [5.74, 6) is 1.43. The van der Waals surface area contributed by atoms with Gasteiger partial charge in [-0.25, -0.2) is 4.98 Å². The average Bonchev–Trinajstić information content (AvgIpc) is 2.77. The van der Waals surface area contributed by atoms with Crippen molar-refractivity contribution in [2.45, 2.75) is 44.1 Å². The van der Waals surface area contributed by atoms with Gasteiger partial charge in [0.2, 0.25) is 0 Å². The number of thiazole rings is 1. The van der Waals surface area contributed by atoms with Crippen molar-refractivity contribution < 1.29 is 4.74 Å². The average molecular weight is 252 g/mol. The van der Waals surface area contributed by atoms with Gasteiger partial charge in [-0.05, 0) is 31.6 Å². The van der Waals surface area contributed by atoms with Gasteiger partial charge in [-0.1, -0.05) is 0 Å². The molecule has 0 spiro atoms. The highest BCUT2D eigenvalue weighted by atomic mass is 32.1. The van der Waals surface area contributed by atoms with Crippen LogP contribution in [0, 0.1) is 5.92 Å². The number of ether oxygens (including phenoxy) is 1. The minimum atomic E-state index is 0.454. The van der Waals surface area contributed by atoms with Crippen LogP contribution < -0.4 is 5.73 Å². The van der Waals surface area contributed by atoms with Gasteiger partial charge in [0.1, 0.15) is 0 Å². The van der Waals surface area contributed by atoms with Crippen LogP contribution in [0.1, 0.15) is 42.3 Å². The molecule has 1 saturated carbocycles. The lowest BCUT2D eigenvalue weighted by atomic mass is 9.79. The Morgan fingerprint density at radius 2 is 2.12 bits per heavy atom. The van der Waals surface area contributed by atoms with E-state index in [0.29, 0.717) is 12.0 Å². The zero-order valence-electron chi connectivity index (χ0n) is 10.1. The summed E-state index contributed by atoms with van der Waals surface area (Å²) in [5, 5.41) is 3.56. The Labute approximate surface area is 106 Å². The lowest BCUT2D eigenvalue weighted by molar-refractivity contribution is 0.0846. The smallest absolute Gasteiger partial charge is 0.0931 e. The summed E-state index contributed by atoms with van der Waals surface area (Å²) in [6.07, 6.45) is 5.79. The second-order valence-electron chi connectivity index (χ2n) is 5.35. The highest BCUT2D eigenvalue weighted by Crippen LogP contribution is 2.32. The van der Waals surface area contributed by atoms with Crippen LogP contribution in [-0.4, -0.2) is 24.2 Å². The molecule has 0 aromatic carbocycles. The molecule has 2 fully saturated rings. The molecule has 0 radical (unpaired) electrons. The highest BCUT2D eigenvalue weighted by molar-refractivity contribution is 7.09. The molecule has 0 unspecified atom stereocenters. The Balaban J connectivity index is 1.58. The molecule has 2 N–H and O–H groups in total.